The van der Waals surface area contributed by atoms with Crippen molar-refractivity contribution in [2.45, 2.75) is 77.2 Å². The summed E-state index contributed by atoms with van der Waals surface area (Å²) in [6.07, 6.45) is 4.15. The van der Waals surface area contributed by atoms with Gasteiger partial charge < -0.3 is 14.4 Å². The molecule has 0 saturated carbocycles. The van der Waals surface area contributed by atoms with Gasteiger partial charge in [0.1, 0.15) is 18.0 Å². The molecule has 0 N–H and O–H groups in total. The minimum absolute atomic E-state index is 0.0555. The van der Waals surface area contributed by atoms with Crippen LogP contribution in [0.15, 0.2) is 54.6 Å². The van der Waals surface area contributed by atoms with Gasteiger partial charge in [0.2, 0.25) is 0 Å². The van der Waals surface area contributed by atoms with E-state index in [1.165, 1.54) is 0 Å². The summed E-state index contributed by atoms with van der Waals surface area (Å²) in [5, 5.41) is 0. The van der Waals surface area contributed by atoms with Gasteiger partial charge in [-0.05, 0) is 82.7 Å². The number of carbonyl (C=O) groups excluding carboxylic acids is 2. The Bertz CT molecular complexity index is 918. The van der Waals surface area contributed by atoms with Crippen molar-refractivity contribution < 1.29 is 19.1 Å². The molecule has 2 bridgehead atoms. The quantitative estimate of drug-likeness (QED) is 0.539. The van der Waals surface area contributed by atoms with Crippen LogP contribution in [0.2, 0.25) is 0 Å². The summed E-state index contributed by atoms with van der Waals surface area (Å²) >= 11 is 0. The summed E-state index contributed by atoms with van der Waals surface area (Å²) in [6.45, 7) is 6.18. The van der Waals surface area contributed by atoms with E-state index < -0.39 is 5.60 Å². The maximum Gasteiger partial charge on any atom is 0.410 e. The molecule has 0 spiro atoms. The minimum atomic E-state index is -0.512. The van der Waals surface area contributed by atoms with E-state index in [9.17, 15) is 9.59 Å². The van der Waals surface area contributed by atoms with Crippen molar-refractivity contribution in [3.8, 4) is 5.75 Å². The molecule has 5 nitrogen and oxygen atoms in total. The largest absolute Gasteiger partial charge is 0.489 e. The molecule has 4 rings (SSSR count). The molecule has 2 atom stereocenters. The molecule has 5 heteroatoms. The van der Waals surface area contributed by atoms with Crippen LogP contribution in [0.25, 0.3) is 0 Å². The van der Waals surface area contributed by atoms with E-state index in [2.05, 4.69) is 0 Å². The zero-order chi connectivity index (χ0) is 22.7. The van der Waals surface area contributed by atoms with Crippen LogP contribution < -0.4 is 4.74 Å². The first-order valence-electron chi connectivity index (χ1n) is 11.6. The molecule has 2 heterocycles. The number of hydrogen-bond acceptors (Lipinski definition) is 4. The Hall–Kier alpha value is -2.82. The average molecular weight is 436 g/mol. The lowest BCUT2D eigenvalue weighted by atomic mass is 9.76. The monoisotopic (exact) mass is 435 g/mol. The predicted molar refractivity (Wildman–Crippen MR) is 124 cm³/mol. The van der Waals surface area contributed by atoms with Gasteiger partial charge in [-0.25, -0.2) is 4.79 Å². The Morgan fingerprint density at radius 2 is 1.56 bits per heavy atom. The van der Waals surface area contributed by atoms with E-state index in [0.717, 1.165) is 30.6 Å². The molecule has 2 fully saturated rings. The van der Waals surface area contributed by atoms with Gasteiger partial charge in [-0.1, -0.05) is 30.3 Å². The van der Waals surface area contributed by atoms with E-state index in [0.29, 0.717) is 25.0 Å². The minimum Gasteiger partial charge on any atom is -0.489 e. The molecule has 32 heavy (non-hydrogen) atoms. The van der Waals surface area contributed by atoms with Crippen LogP contribution in [0.3, 0.4) is 0 Å². The summed E-state index contributed by atoms with van der Waals surface area (Å²) in [4.78, 5) is 27.9. The third kappa shape index (κ3) is 5.32. The number of benzene rings is 2. The first-order chi connectivity index (χ1) is 15.3. The van der Waals surface area contributed by atoms with Crippen molar-refractivity contribution in [1.29, 1.82) is 0 Å². The van der Waals surface area contributed by atoms with Crippen LogP contribution in [0.1, 0.15) is 68.8 Å². The van der Waals surface area contributed by atoms with Crippen LogP contribution in [0, 0.1) is 5.92 Å². The fraction of sp³-hybridized carbons (Fsp3) is 0.481. The van der Waals surface area contributed by atoms with Crippen LogP contribution in [-0.4, -0.2) is 34.5 Å². The average Bonchev–Trinajstić information content (AvgIpc) is 2.76. The van der Waals surface area contributed by atoms with E-state index in [4.69, 9.17) is 9.47 Å². The molecule has 0 aromatic heterocycles. The third-order valence-electron chi connectivity index (χ3n) is 6.34. The Balaban J connectivity index is 1.38. The van der Waals surface area contributed by atoms with Crippen molar-refractivity contribution in [2.75, 3.05) is 0 Å². The number of piperidine rings is 2. The summed E-state index contributed by atoms with van der Waals surface area (Å²) in [6, 6.07) is 17.6. The first kappa shape index (κ1) is 22.4. The van der Waals surface area contributed by atoms with E-state index >= 15 is 0 Å². The van der Waals surface area contributed by atoms with Crippen LogP contribution in [0.5, 0.6) is 5.75 Å². The van der Waals surface area contributed by atoms with Crippen LogP contribution in [0.4, 0.5) is 4.79 Å². The molecule has 0 aliphatic carbocycles. The standard InChI is InChI=1S/C27H33NO4/c1-27(2,3)32-26(30)28-22-10-7-11-23(28)17-21(16-22)25(29)20-12-14-24(15-13-20)31-18-19-8-5-4-6-9-19/h4-6,8-9,12-15,21-23H,7,10-11,16-18H2,1-3H3. The zero-order valence-electron chi connectivity index (χ0n) is 19.3. The molecule has 0 radical (unpaired) electrons. The second-order valence-corrected chi connectivity index (χ2v) is 9.96. The normalized spacial score (nSPS) is 22.8. The molecule has 2 aliphatic rings. The highest BCUT2D eigenvalue weighted by Gasteiger charge is 2.44. The van der Waals surface area contributed by atoms with Crippen LogP contribution in [-0.2, 0) is 11.3 Å². The number of carbonyl (C=O) groups is 2. The van der Waals surface area contributed by atoms with Crippen molar-refractivity contribution >= 4 is 11.9 Å². The number of fused-ring (bicyclic) bond motifs is 2. The molecule has 2 aromatic rings. The topological polar surface area (TPSA) is 55.8 Å². The number of nitrogens with zero attached hydrogens (tertiary/aromatic N) is 1. The van der Waals surface area contributed by atoms with Gasteiger partial charge in [0.05, 0.1) is 0 Å². The fourth-order valence-corrected chi connectivity index (χ4v) is 4.90. The van der Waals surface area contributed by atoms with Gasteiger partial charge in [-0.3, -0.25) is 4.79 Å². The predicted octanol–water partition coefficient (Wildman–Crippen LogP) is 6.02. The number of Topliss-reactive ketones (excluding diaryl/α,β-unsaturated/α-hetero) is 1. The molecular formula is C27H33NO4. The van der Waals surface area contributed by atoms with Crippen LogP contribution >= 0.6 is 0 Å². The van der Waals surface area contributed by atoms with E-state index in [-0.39, 0.29) is 29.9 Å². The Kier molecular flexibility index (Phi) is 6.54. The van der Waals surface area contributed by atoms with E-state index in [1.54, 1.807) is 0 Å². The van der Waals surface area contributed by atoms with Gasteiger partial charge in [-0.15, -0.1) is 0 Å². The highest BCUT2D eigenvalue weighted by Crippen LogP contribution is 2.39. The summed E-state index contributed by atoms with van der Waals surface area (Å²) in [5.74, 6) is 0.863. The Labute approximate surface area is 190 Å². The van der Waals surface area contributed by atoms with Gasteiger partial charge in [0.15, 0.2) is 5.78 Å². The highest BCUT2D eigenvalue weighted by molar-refractivity contribution is 5.98. The number of ether oxygens (including phenoxy) is 2. The Morgan fingerprint density at radius 1 is 0.938 bits per heavy atom. The number of ketones is 1. The Morgan fingerprint density at radius 3 is 2.16 bits per heavy atom. The summed E-state index contributed by atoms with van der Waals surface area (Å²) in [5.41, 5.74) is 1.31. The van der Waals surface area contributed by atoms with Gasteiger partial charge >= 0.3 is 6.09 Å². The molecule has 2 aliphatic heterocycles. The lowest BCUT2D eigenvalue weighted by Gasteiger charge is -2.48. The molecule has 2 unspecified atom stereocenters. The van der Waals surface area contributed by atoms with E-state index in [1.807, 2.05) is 80.3 Å². The molecule has 2 saturated heterocycles. The smallest absolute Gasteiger partial charge is 0.410 e. The zero-order valence-corrected chi connectivity index (χ0v) is 19.3. The van der Waals surface area contributed by atoms with Crippen molar-refractivity contribution in [3.63, 3.8) is 0 Å². The summed E-state index contributed by atoms with van der Waals surface area (Å²) in [7, 11) is 0. The highest BCUT2D eigenvalue weighted by atomic mass is 16.6. The second-order valence-electron chi connectivity index (χ2n) is 9.96. The second kappa shape index (κ2) is 9.35. The van der Waals surface area contributed by atoms with Crippen molar-refractivity contribution in [2.24, 2.45) is 5.92 Å². The maximum atomic E-state index is 13.3. The lowest BCUT2D eigenvalue weighted by Crippen LogP contribution is -2.56. The number of rotatable bonds is 5. The fourth-order valence-electron chi connectivity index (χ4n) is 4.90. The number of amides is 1. The first-order valence-corrected chi connectivity index (χ1v) is 11.6. The van der Waals surface area contributed by atoms with Gasteiger partial charge in [0, 0.05) is 23.6 Å². The molecule has 1 amide bonds. The van der Waals surface area contributed by atoms with Gasteiger partial charge in [-0.2, -0.15) is 0 Å². The van der Waals surface area contributed by atoms with Crippen molar-refractivity contribution in [3.05, 3.63) is 65.7 Å². The molecule has 2 aromatic carbocycles. The molecular weight excluding hydrogens is 402 g/mol. The lowest BCUT2D eigenvalue weighted by molar-refractivity contribution is -0.0260. The summed E-state index contributed by atoms with van der Waals surface area (Å²) < 4.78 is 11.5. The third-order valence-corrected chi connectivity index (χ3v) is 6.34. The van der Waals surface area contributed by atoms with Crippen molar-refractivity contribution in [1.82, 2.24) is 4.90 Å². The maximum absolute atomic E-state index is 13.3. The SMILES string of the molecule is CC(C)(C)OC(=O)N1C2CCCC1CC(C(=O)c1ccc(OCc3ccccc3)cc1)C2. The number of hydrogen-bond donors (Lipinski definition) is 0. The van der Waals surface area contributed by atoms with Gasteiger partial charge in [0.25, 0.3) is 0 Å². The molecule has 170 valence electrons.